The Labute approximate surface area is 160 Å². The van der Waals surface area contributed by atoms with Crippen molar-refractivity contribution in [1.29, 1.82) is 0 Å². The molecule has 27 heavy (non-hydrogen) atoms. The van der Waals surface area contributed by atoms with E-state index in [9.17, 15) is 4.79 Å². The maximum atomic E-state index is 12.5. The first kappa shape index (κ1) is 18.8. The number of benzene rings is 2. The first-order valence-electron chi connectivity index (χ1n) is 9.09. The molecule has 1 heterocycles. The molecule has 1 atom stereocenters. The molecule has 0 fully saturated rings. The molecule has 5 nitrogen and oxygen atoms in total. The Morgan fingerprint density at radius 3 is 2.52 bits per heavy atom. The summed E-state index contributed by atoms with van der Waals surface area (Å²) >= 11 is 0. The van der Waals surface area contributed by atoms with Crippen LogP contribution in [0, 0.1) is 0 Å². The number of hydrogen-bond donors (Lipinski definition) is 0. The zero-order valence-electron chi connectivity index (χ0n) is 16.0. The van der Waals surface area contributed by atoms with Crippen LogP contribution >= 0.6 is 0 Å². The third-order valence-corrected chi connectivity index (χ3v) is 4.69. The van der Waals surface area contributed by atoms with Crippen molar-refractivity contribution < 1.29 is 19.0 Å². The molecule has 0 aromatic heterocycles. The molecule has 1 unspecified atom stereocenters. The molecule has 2 aromatic rings. The largest absolute Gasteiger partial charge is 0.493 e. The lowest BCUT2D eigenvalue weighted by molar-refractivity contribution is 0.0950. The molecule has 5 heteroatoms. The van der Waals surface area contributed by atoms with Crippen molar-refractivity contribution in [3.8, 4) is 11.5 Å². The van der Waals surface area contributed by atoms with Crippen molar-refractivity contribution in [1.82, 2.24) is 4.90 Å². The SMILES string of the molecule is CCOC(=O)N1CCc2cc(OC)c(OC)cc2C1/C=C/c1ccccc1. The Kier molecular flexibility index (Phi) is 6.01. The number of carbonyl (C=O) groups excluding carboxylic acids is 1. The van der Waals surface area contributed by atoms with Gasteiger partial charge in [0.2, 0.25) is 0 Å². The molecule has 0 aliphatic carbocycles. The number of ether oxygens (including phenoxy) is 3. The van der Waals surface area contributed by atoms with Gasteiger partial charge >= 0.3 is 6.09 Å². The van der Waals surface area contributed by atoms with Crippen LogP contribution in [0.1, 0.15) is 29.7 Å². The monoisotopic (exact) mass is 367 g/mol. The van der Waals surface area contributed by atoms with Gasteiger partial charge in [-0.3, -0.25) is 4.90 Å². The number of nitrogens with zero attached hydrogens (tertiary/aromatic N) is 1. The number of fused-ring (bicyclic) bond motifs is 1. The van der Waals surface area contributed by atoms with E-state index in [2.05, 4.69) is 0 Å². The summed E-state index contributed by atoms with van der Waals surface area (Å²) in [5.74, 6) is 1.35. The number of methoxy groups -OCH3 is 2. The van der Waals surface area contributed by atoms with Gasteiger partial charge in [0.15, 0.2) is 11.5 Å². The van der Waals surface area contributed by atoms with E-state index in [1.807, 2.05) is 61.5 Å². The first-order valence-corrected chi connectivity index (χ1v) is 9.09. The van der Waals surface area contributed by atoms with E-state index in [0.29, 0.717) is 24.7 Å². The fraction of sp³-hybridized carbons (Fsp3) is 0.318. The van der Waals surface area contributed by atoms with Gasteiger partial charge in [0.25, 0.3) is 0 Å². The van der Waals surface area contributed by atoms with Crippen molar-refractivity contribution in [2.75, 3.05) is 27.4 Å². The number of carbonyl (C=O) groups is 1. The Morgan fingerprint density at radius 2 is 1.85 bits per heavy atom. The second kappa shape index (κ2) is 8.62. The maximum absolute atomic E-state index is 12.5. The fourth-order valence-electron chi connectivity index (χ4n) is 3.36. The molecule has 2 aromatic carbocycles. The van der Waals surface area contributed by atoms with Crippen LogP contribution in [0.5, 0.6) is 11.5 Å². The van der Waals surface area contributed by atoms with Gasteiger partial charge in [0.1, 0.15) is 0 Å². The van der Waals surface area contributed by atoms with Gasteiger partial charge in [-0.25, -0.2) is 4.79 Å². The molecular formula is C22H25NO4. The average molecular weight is 367 g/mol. The minimum Gasteiger partial charge on any atom is -0.493 e. The van der Waals surface area contributed by atoms with E-state index in [-0.39, 0.29) is 12.1 Å². The van der Waals surface area contributed by atoms with Crippen LogP contribution < -0.4 is 9.47 Å². The summed E-state index contributed by atoms with van der Waals surface area (Å²) in [4.78, 5) is 14.3. The molecular weight excluding hydrogens is 342 g/mol. The highest BCUT2D eigenvalue weighted by Crippen LogP contribution is 2.39. The molecule has 0 N–H and O–H groups in total. The zero-order chi connectivity index (χ0) is 19.2. The molecule has 0 bridgehead atoms. The highest BCUT2D eigenvalue weighted by molar-refractivity contribution is 5.70. The molecule has 0 spiro atoms. The summed E-state index contributed by atoms with van der Waals surface area (Å²) in [6, 6.07) is 13.8. The predicted molar refractivity (Wildman–Crippen MR) is 105 cm³/mol. The third-order valence-electron chi connectivity index (χ3n) is 4.69. The molecule has 1 amide bonds. The lowest BCUT2D eigenvalue weighted by atomic mass is 9.91. The summed E-state index contributed by atoms with van der Waals surface area (Å²) in [5.41, 5.74) is 3.25. The number of rotatable bonds is 5. The first-order chi connectivity index (χ1) is 13.2. The molecule has 3 rings (SSSR count). The maximum Gasteiger partial charge on any atom is 0.410 e. The number of amides is 1. The number of hydrogen-bond acceptors (Lipinski definition) is 4. The molecule has 0 saturated heterocycles. The summed E-state index contributed by atoms with van der Waals surface area (Å²) < 4.78 is 16.2. The minimum absolute atomic E-state index is 0.229. The van der Waals surface area contributed by atoms with Gasteiger partial charge in [-0.1, -0.05) is 42.5 Å². The van der Waals surface area contributed by atoms with Crippen LogP contribution in [-0.2, 0) is 11.2 Å². The van der Waals surface area contributed by atoms with E-state index in [1.54, 1.807) is 19.1 Å². The third kappa shape index (κ3) is 4.08. The van der Waals surface area contributed by atoms with Crippen LogP contribution in [0.15, 0.2) is 48.5 Å². The average Bonchev–Trinajstić information content (AvgIpc) is 2.71. The Morgan fingerprint density at radius 1 is 1.15 bits per heavy atom. The van der Waals surface area contributed by atoms with Crippen LogP contribution in [0.2, 0.25) is 0 Å². The zero-order valence-corrected chi connectivity index (χ0v) is 16.0. The van der Waals surface area contributed by atoms with Crippen molar-refractivity contribution in [2.24, 2.45) is 0 Å². The van der Waals surface area contributed by atoms with Gasteiger partial charge < -0.3 is 14.2 Å². The lowest BCUT2D eigenvalue weighted by Gasteiger charge is -2.35. The predicted octanol–water partition coefficient (Wildman–Crippen LogP) is 4.47. The standard InChI is InChI=1S/C22H25NO4/c1-4-27-22(24)23-13-12-17-14-20(25-2)21(26-3)15-18(17)19(23)11-10-16-8-6-5-7-9-16/h5-11,14-15,19H,4,12-13H2,1-3H3/b11-10+. The second-order valence-electron chi connectivity index (χ2n) is 6.26. The van der Waals surface area contributed by atoms with Gasteiger partial charge in [-0.2, -0.15) is 0 Å². The summed E-state index contributed by atoms with van der Waals surface area (Å²) in [5, 5.41) is 0. The van der Waals surface area contributed by atoms with Crippen LogP contribution in [-0.4, -0.2) is 38.4 Å². The molecule has 0 saturated carbocycles. The molecule has 0 radical (unpaired) electrons. The van der Waals surface area contributed by atoms with Crippen LogP contribution in [0.3, 0.4) is 0 Å². The summed E-state index contributed by atoms with van der Waals surface area (Å²) in [7, 11) is 3.25. The van der Waals surface area contributed by atoms with Crippen molar-refractivity contribution in [2.45, 2.75) is 19.4 Å². The van der Waals surface area contributed by atoms with Gasteiger partial charge in [-0.15, -0.1) is 0 Å². The van der Waals surface area contributed by atoms with Gasteiger partial charge in [0, 0.05) is 6.54 Å². The topological polar surface area (TPSA) is 48.0 Å². The highest BCUT2D eigenvalue weighted by Gasteiger charge is 2.31. The summed E-state index contributed by atoms with van der Waals surface area (Å²) in [6.07, 6.45) is 4.50. The molecule has 142 valence electrons. The van der Waals surface area contributed by atoms with Crippen LogP contribution in [0.25, 0.3) is 6.08 Å². The van der Waals surface area contributed by atoms with E-state index in [0.717, 1.165) is 23.1 Å². The Hall–Kier alpha value is -2.95. The van der Waals surface area contributed by atoms with E-state index in [4.69, 9.17) is 14.2 Å². The van der Waals surface area contributed by atoms with E-state index >= 15 is 0 Å². The molecule has 1 aliphatic rings. The van der Waals surface area contributed by atoms with E-state index in [1.165, 1.54) is 0 Å². The normalized spacial score (nSPS) is 16.1. The quantitative estimate of drug-likeness (QED) is 0.782. The van der Waals surface area contributed by atoms with E-state index < -0.39 is 0 Å². The van der Waals surface area contributed by atoms with Gasteiger partial charge in [-0.05, 0) is 42.2 Å². The second-order valence-corrected chi connectivity index (χ2v) is 6.26. The Bertz CT molecular complexity index is 817. The lowest BCUT2D eigenvalue weighted by Crippen LogP contribution is -2.39. The summed E-state index contributed by atoms with van der Waals surface area (Å²) in [6.45, 7) is 2.76. The highest BCUT2D eigenvalue weighted by atomic mass is 16.6. The molecule has 1 aliphatic heterocycles. The smallest absolute Gasteiger partial charge is 0.410 e. The van der Waals surface area contributed by atoms with Crippen molar-refractivity contribution in [3.05, 3.63) is 65.2 Å². The Balaban J connectivity index is 2.03. The van der Waals surface area contributed by atoms with Crippen LogP contribution in [0.4, 0.5) is 4.79 Å². The van der Waals surface area contributed by atoms with Gasteiger partial charge in [0.05, 0.1) is 26.9 Å². The fourth-order valence-corrected chi connectivity index (χ4v) is 3.36. The van der Waals surface area contributed by atoms with Crippen molar-refractivity contribution in [3.63, 3.8) is 0 Å². The van der Waals surface area contributed by atoms with Crippen molar-refractivity contribution >= 4 is 12.2 Å². The minimum atomic E-state index is -0.305.